The van der Waals surface area contributed by atoms with Crippen LogP contribution in [-0.4, -0.2) is 29.7 Å². The second kappa shape index (κ2) is 7.26. The van der Waals surface area contributed by atoms with Crippen LogP contribution < -0.4 is 10.6 Å². The number of amides is 1. The maximum Gasteiger partial charge on any atom is 0.234 e. The van der Waals surface area contributed by atoms with Gasteiger partial charge in [-0.15, -0.1) is 0 Å². The molecule has 0 aliphatic rings. The molecule has 0 saturated carbocycles. The van der Waals surface area contributed by atoms with E-state index in [4.69, 9.17) is 0 Å². The first-order chi connectivity index (χ1) is 8.92. The van der Waals surface area contributed by atoms with Gasteiger partial charge >= 0.3 is 0 Å². The number of hydrogen-bond donors (Lipinski definition) is 3. The van der Waals surface area contributed by atoms with Crippen LogP contribution in [0.25, 0.3) is 0 Å². The monoisotopic (exact) mass is 264 g/mol. The predicted octanol–water partition coefficient (Wildman–Crippen LogP) is 1.30. The van der Waals surface area contributed by atoms with Gasteiger partial charge in [-0.3, -0.25) is 4.79 Å². The Morgan fingerprint density at radius 2 is 1.95 bits per heavy atom. The zero-order chi connectivity index (χ0) is 14.3. The third-order valence-corrected chi connectivity index (χ3v) is 3.34. The molecule has 0 aromatic heterocycles. The van der Waals surface area contributed by atoms with Gasteiger partial charge in [0.25, 0.3) is 0 Å². The highest BCUT2D eigenvalue weighted by Crippen LogP contribution is 2.14. The highest BCUT2D eigenvalue weighted by atomic mass is 16.3. The van der Waals surface area contributed by atoms with E-state index in [0.717, 1.165) is 5.56 Å². The molecule has 4 heteroatoms. The third-order valence-electron chi connectivity index (χ3n) is 3.34. The zero-order valence-corrected chi connectivity index (χ0v) is 11.9. The Hall–Kier alpha value is -1.39. The number of carbonyl (C=O) groups is 1. The number of benzene rings is 1. The van der Waals surface area contributed by atoms with Crippen molar-refractivity contribution in [2.24, 2.45) is 5.92 Å². The Morgan fingerprint density at radius 3 is 2.53 bits per heavy atom. The summed E-state index contributed by atoms with van der Waals surface area (Å²) in [4.78, 5) is 11.6. The van der Waals surface area contributed by atoms with E-state index in [9.17, 15) is 9.90 Å². The molecule has 0 radical (unpaired) electrons. The van der Waals surface area contributed by atoms with Crippen LogP contribution in [0.5, 0.6) is 0 Å². The Labute approximate surface area is 115 Å². The molecule has 19 heavy (non-hydrogen) atoms. The lowest BCUT2D eigenvalue weighted by molar-refractivity contribution is -0.120. The molecule has 1 atom stereocenters. The van der Waals surface area contributed by atoms with Crippen LogP contribution in [0, 0.1) is 5.92 Å². The van der Waals surface area contributed by atoms with Crippen molar-refractivity contribution in [2.75, 3.05) is 13.1 Å². The van der Waals surface area contributed by atoms with Crippen LogP contribution in [0.2, 0.25) is 0 Å². The zero-order valence-electron chi connectivity index (χ0n) is 11.9. The SMILES string of the molecule is CC(C)C(C)(O)CNCC(=O)NCc1ccccc1. The highest BCUT2D eigenvalue weighted by molar-refractivity contribution is 5.77. The van der Waals surface area contributed by atoms with Gasteiger partial charge in [-0.2, -0.15) is 0 Å². The second-order valence-corrected chi connectivity index (χ2v) is 5.38. The largest absolute Gasteiger partial charge is 0.389 e. The molecule has 4 nitrogen and oxygen atoms in total. The molecule has 0 aliphatic carbocycles. The maximum absolute atomic E-state index is 11.6. The van der Waals surface area contributed by atoms with Gasteiger partial charge in [0.05, 0.1) is 12.1 Å². The van der Waals surface area contributed by atoms with Crippen molar-refractivity contribution >= 4 is 5.91 Å². The fourth-order valence-corrected chi connectivity index (χ4v) is 1.49. The minimum atomic E-state index is -0.792. The van der Waals surface area contributed by atoms with Gasteiger partial charge in [-0.05, 0) is 18.4 Å². The summed E-state index contributed by atoms with van der Waals surface area (Å²) in [6, 6.07) is 9.77. The van der Waals surface area contributed by atoms with Gasteiger partial charge < -0.3 is 15.7 Å². The summed E-state index contributed by atoms with van der Waals surface area (Å²) in [5.74, 6) is 0.0794. The molecule has 1 aromatic carbocycles. The van der Waals surface area contributed by atoms with Crippen molar-refractivity contribution < 1.29 is 9.90 Å². The normalized spacial score (nSPS) is 14.2. The third kappa shape index (κ3) is 5.85. The summed E-state index contributed by atoms with van der Waals surface area (Å²) in [6.07, 6.45) is 0. The van der Waals surface area contributed by atoms with Crippen LogP contribution in [0.3, 0.4) is 0 Å². The molecule has 3 N–H and O–H groups in total. The number of nitrogens with one attached hydrogen (secondary N) is 2. The summed E-state index contributed by atoms with van der Waals surface area (Å²) in [7, 11) is 0. The molecule has 0 spiro atoms. The molecular weight excluding hydrogens is 240 g/mol. The maximum atomic E-state index is 11.6. The minimum Gasteiger partial charge on any atom is -0.389 e. The number of aliphatic hydroxyl groups is 1. The van der Waals surface area contributed by atoms with E-state index < -0.39 is 5.60 Å². The van der Waals surface area contributed by atoms with Gasteiger partial charge in [0.1, 0.15) is 0 Å². The van der Waals surface area contributed by atoms with Crippen molar-refractivity contribution in [3.05, 3.63) is 35.9 Å². The molecule has 106 valence electrons. The Kier molecular flexibility index (Phi) is 5.99. The van der Waals surface area contributed by atoms with Gasteiger partial charge in [0, 0.05) is 13.1 Å². The van der Waals surface area contributed by atoms with Crippen LogP contribution in [0.1, 0.15) is 26.3 Å². The molecule has 0 fully saturated rings. The quantitative estimate of drug-likeness (QED) is 0.695. The highest BCUT2D eigenvalue weighted by Gasteiger charge is 2.24. The Morgan fingerprint density at radius 1 is 1.32 bits per heavy atom. The van der Waals surface area contributed by atoms with Crippen molar-refractivity contribution in [3.63, 3.8) is 0 Å². The topological polar surface area (TPSA) is 61.4 Å². The van der Waals surface area contributed by atoms with Crippen LogP contribution in [0.15, 0.2) is 30.3 Å². The van der Waals surface area contributed by atoms with Crippen LogP contribution in [-0.2, 0) is 11.3 Å². The van der Waals surface area contributed by atoms with Crippen molar-refractivity contribution in [2.45, 2.75) is 32.9 Å². The van der Waals surface area contributed by atoms with Crippen molar-refractivity contribution in [1.29, 1.82) is 0 Å². The van der Waals surface area contributed by atoms with Gasteiger partial charge in [-0.1, -0.05) is 44.2 Å². The number of hydrogen-bond acceptors (Lipinski definition) is 3. The Bertz CT molecular complexity index is 388. The molecule has 1 amide bonds. The minimum absolute atomic E-state index is 0.0663. The first-order valence-corrected chi connectivity index (χ1v) is 6.65. The fourth-order valence-electron chi connectivity index (χ4n) is 1.49. The lowest BCUT2D eigenvalue weighted by Crippen LogP contribution is -2.45. The van der Waals surface area contributed by atoms with E-state index in [1.165, 1.54) is 0 Å². The molecule has 1 rings (SSSR count). The number of rotatable bonds is 7. The molecule has 0 aliphatic heterocycles. The predicted molar refractivity (Wildman–Crippen MR) is 76.6 cm³/mol. The first kappa shape index (κ1) is 15.7. The van der Waals surface area contributed by atoms with E-state index in [1.54, 1.807) is 6.92 Å². The lowest BCUT2D eigenvalue weighted by atomic mass is 9.93. The molecular formula is C15H24N2O2. The molecule has 1 aromatic rings. The molecule has 0 bridgehead atoms. The van der Waals surface area contributed by atoms with Crippen molar-refractivity contribution in [3.8, 4) is 0 Å². The molecule has 1 unspecified atom stereocenters. The van der Waals surface area contributed by atoms with Gasteiger partial charge in [-0.25, -0.2) is 0 Å². The van der Waals surface area contributed by atoms with E-state index in [0.29, 0.717) is 13.1 Å². The standard InChI is InChI=1S/C15H24N2O2/c1-12(2)15(3,19)11-16-10-14(18)17-9-13-7-5-4-6-8-13/h4-8,12,16,19H,9-11H2,1-3H3,(H,17,18). The smallest absolute Gasteiger partial charge is 0.234 e. The second-order valence-electron chi connectivity index (χ2n) is 5.38. The summed E-state index contributed by atoms with van der Waals surface area (Å²) in [6.45, 7) is 6.84. The molecule has 0 heterocycles. The van der Waals surface area contributed by atoms with E-state index in [-0.39, 0.29) is 18.4 Å². The molecule has 0 saturated heterocycles. The van der Waals surface area contributed by atoms with E-state index in [1.807, 2.05) is 44.2 Å². The van der Waals surface area contributed by atoms with E-state index in [2.05, 4.69) is 10.6 Å². The van der Waals surface area contributed by atoms with Crippen molar-refractivity contribution in [1.82, 2.24) is 10.6 Å². The van der Waals surface area contributed by atoms with Gasteiger partial charge in [0.15, 0.2) is 0 Å². The lowest BCUT2D eigenvalue weighted by Gasteiger charge is -2.27. The van der Waals surface area contributed by atoms with Gasteiger partial charge in [0.2, 0.25) is 5.91 Å². The Balaban J connectivity index is 2.22. The first-order valence-electron chi connectivity index (χ1n) is 6.65. The van der Waals surface area contributed by atoms with Crippen LogP contribution in [0.4, 0.5) is 0 Å². The average Bonchev–Trinajstić information content (AvgIpc) is 2.37. The fraction of sp³-hybridized carbons (Fsp3) is 0.533. The summed E-state index contributed by atoms with van der Waals surface area (Å²) >= 11 is 0. The number of carbonyl (C=O) groups excluding carboxylic acids is 1. The van der Waals surface area contributed by atoms with Crippen LogP contribution >= 0.6 is 0 Å². The van der Waals surface area contributed by atoms with E-state index >= 15 is 0 Å². The summed E-state index contributed by atoms with van der Waals surface area (Å²) in [5, 5.41) is 15.8. The summed E-state index contributed by atoms with van der Waals surface area (Å²) < 4.78 is 0. The average molecular weight is 264 g/mol. The summed E-state index contributed by atoms with van der Waals surface area (Å²) in [5.41, 5.74) is 0.282.